The summed E-state index contributed by atoms with van der Waals surface area (Å²) in [5, 5.41) is 19.6. The third-order valence-electron chi connectivity index (χ3n) is 7.97. The number of thiophene rings is 1. The number of aryl methyl sites for hydroxylation is 1. The predicted octanol–water partition coefficient (Wildman–Crippen LogP) is 5.58. The number of anilines is 3. The van der Waals surface area contributed by atoms with Crippen molar-refractivity contribution >= 4 is 27.7 Å². The molecule has 38 heavy (non-hydrogen) atoms. The Kier molecular flexibility index (Phi) is 12.2. The van der Waals surface area contributed by atoms with E-state index in [0.717, 1.165) is 86.1 Å². The highest BCUT2D eigenvalue weighted by Crippen LogP contribution is 2.36. The van der Waals surface area contributed by atoms with Gasteiger partial charge in [-0.3, -0.25) is 10.9 Å². The number of hydrogen-bond donors (Lipinski definition) is 2. The third kappa shape index (κ3) is 7.32. The van der Waals surface area contributed by atoms with Crippen LogP contribution >= 0.6 is 11.3 Å². The first kappa shape index (κ1) is 31.2. The first-order valence-electron chi connectivity index (χ1n) is 13.7. The zero-order valence-corrected chi connectivity index (χ0v) is 25.4. The standard InChI is InChI=1S/C29H46N7OS/c1-9-34(10-2)14-15-35(16-17-36(11-3,12-4)13-5)26-18-22(6)25(19-27(26)37-8)32-33-29-24(20-30)23(7)28(21-31)38-29/h18-19,32-33H,9-17H2,1-8H3/q+1. The number of methoxy groups -OCH3 is 1. The topological polar surface area (TPSA) is 87.4 Å². The average Bonchev–Trinajstić information content (AvgIpc) is 3.26. The van der Waals surface area contributed by atoms with Crippen molar-refractivity contribution in [2.45, 2.75) is 48.5 Å². The van der Waals surface area contributed by atoms with Gasteiger partial charge in [-0.2, -0.15) is 10.5 Å². The number of nitrogens with one attached hydrogen (secondary N) is 2. The average molecular weight is 541 g/mol. The second-order valence-electron chi connectivity index (χ2n) is 9.60. The van der Waals surface area contributed by atoms with Crippen molar-refractivity contribution in [2.24, 2.45) is 0 Å². The number of hydrazine groups is 1. The molecule has 0 amide bonds. The van der Waals surface area contributed by atoms with Crippen molar-refractivity contribution in [1.29, 1.82) is 10.5 Å². The van der Waals surface area contributed by atoms with Gasteiger partial charge in [-0.1, -0.05) is 13.8 Å². The summed E-state index contributed by atoms with van der Waals surface area (Å²) in [5.74, 6) is 0.808. The minimum atomic E-state index is 0.493. The van der Waals surface area contributed by atoms with Crippen LogP contribution in [0.25, 0.3) is 0 Å². The number of hydrogen-bond acceptors (Lipinski definition) is 8. The van der Waals surface area contributed by atoms with Crippen LogP contribution in [0, 0.1) is 36.5 Å². The Hall–Kier alpha value is -2.98. The van der Waals surface area contributed by atoms with E-state index in [2.05, 4.69) is 80.4 Å². The van der Waals surface area contributed by atoms with Crippen LogP contribution in [0.3, 0.4) is 0 Å². The van der Waals surface area contributed by atoms with Gasteiger partial charge >= 0.3 is 0 Å². The number of likely N-dealkylation sites (N-methyl/N-ethyl adjacent to an activating group) is 2. The molecule has 0 saturated carbocycles. The van der Waals surface area contributed by atoms with Crippen molar-refractivity contribution in [2.75, 3.05) is 81.8 Å². The lowest BCUT2D eigenvalue weighted by molar-refractivity contribution is -0.921. The Morgan fingerprint density at radius 1 is 0.921 bits per heavy atom. The fourth-order valence-corrected chi connectivity index (χ4v) is 5.73. The fraction of sp³-hybridized carbons (Fsp3) is 0.586. The molecular weight excluding hydrogens is 494 g/mol. The Morgan fingerprint density at radius 3 is 2.11 bits per heavy atom. The van der Waals surface area contributed by atoms with Gasteiger partial charge in [0.1, 0.15) is 27.8 Å². The molecule has 0 radical (unpaired) electrons. The van der Waals surface area contributed by atoms with E-state index < -0.39 is 0 Å². The predicted molar refractivity (Wildman–Crippen MR) is 160 cm³/mol. The monoisotopic (exact) mass is 540 g/mol. The molecule has 9 heteroatoms. The number of benzene rings is 1. The Balaban J connectivity index is 2.37. The summed E-state index contributed by atoms with van der Waals surface area (Å²) in [6.07, 6.45) is 0. The molecule has 2 rings (SSSR count). The van der Waals surface area contributed by atoms with Crippen LogP contribution in [-0.2, 0) is 0 Å². The third-order valence-corrected chi connectivity index (χ3v) is 9.09. The molecule has 0 saturated heterocycles. The largest absolute Gasteiger partial charge is 0.495 e. The number of nitrogens with zero attached hydrogens (tertiary/aromatic N) is 5. The van der Waals surface area contributed by atoms with E-state index in [1.165, 1.54) is 11.3 Å². The van der Waals surface area contributed by atoms with Crippen molar-refractivity contribution < 1.29 is 9.22 Å². The summed E-state index contributed by atoms with van der Waals surface area (Å²) >= 11 is 1.28. The van der Waals surface area contributed by atoms with Gasteiger partial charge in [-0.15, -0.1) is 11.3 Å². The molecule has 0 aliphatic rings. The molecule has 0 aliphatic heterocycles. The van der Waals surface area contributed by atoms with E-state index in [1.807, 2.05) is 6.07 Å². The number of nitriles is 2. The minimum Gasteiger partial charge on any atom is -0.495 e. The molecule has 0 spiro atoms. The van der Waals surface area contributed by atoms with Gasteiger partial charge in [0, 0.05) is 19.2 Å². The Labute approximate surface area is 234 Å². The van der Waals surface area contributed by atoms with Gasteiger partial charge < -0.3 is 19.0 Å². The second kappa shape index (κ2) is 14.8. The van der Waals surface area contributed by atoms with Crippen LogP contribution in [-0.4, -0.2) is 75.4 Å². The molecule has 0 fully saturated rings. The minimum absolute atomic E-state index is 0.493. The highest BCUT2D eigenvalue weighted by Gasteiger charge is 2.24. The lowest BCUT2D eigenvalue weighted by Gasteiger charge is -2.38. The summed E-state index contributed by atoms with van der Waals surface area (Å²) in [5.41, 5.74) is 10.6. The highest BCUT2D eigenvalue weighted by atomic mass is 32.1. The lowest BCUT2D eigenvalue weighted by Crippen LogP contribution is -2.52. The summed E-state index contributed by atoms with van der Waals surface area (Å²) < 4.78 is 7.01. The first-order valence-corrected chi connectivity index (χ1v) is 14.5. The van der Waals surface area contributed by atoms with Crippen molar-refractivity contribution in [3.8, 4) is 17.9 Å². The van der Waals surface area contributed by atoms with E-state index in [9.17, 15) is 10.5 Å². The maximum atomic E-state index is 9.58. The summed E-state index contributed by atoms with van der Waals surface area (Å²) in [6.45, 7) is 24.6. The molecule has 0 aliphatic carbocycles. The van der Waals surface area contributed by atoms with Crippen molar-refractivity contribution in [3.05, 3.63) is 33.7 Å². The van der Waals surface area contributed by atoms with Gasteiger partial charge in [0.2, 0.25) is 0 Å². The van der Waals surface area contributed by atoms with Gasteiger partial charge in [0.05, 0.1) is 56.8 Å². The van der Waals surface area contributed by atoms with Crippen LogP contribution in [0.2, 0.25) is 0 Å². The van der Waals surface area contributed by atoms with Crippen molar-refractivity contribution in [3.63, 3.8) is 0 Å². The zero-order valence-electron chi connectivity index (χ0n) is 24.6. The molecule has 1 heterocycles. The van der Waals surface area contributed by atoms with Gasteiger partial charge in [0.25, 0.3) is 0 Å². The second-order valence-corrected chi connectivity index (χ2v) is 10.6. The maximum absolute atomic E-state index is 9.58. The van der Waals surface area contributed by atoms with E-state index >= 15 is 0 Å². The normalized spacial score (nSPS) is 11.2. The first-order chi connectivity index (χ1) is 18.3. The Bertz CT molecular complexity index is 1120. The molecule has 2 N–H and O–H groups in total. The summed E-state index contributed by atoms with van der Waals surface area (Å²) in [6, 6.07) is 8.58. The SMILES string of the molecule is CCN(CC)CCN(CC[N+](CC)(CC)CC)c1cc(C)c(NNc2sc(C#N)c(C)c2C#N)cc1OC. The molecule has 8 nitrogen and oxygen atoms in total. The molecule has 0 unspecified atom stereocenters. The highest BCUT2D eigenvalue weighted by molar-refractivity contribution is 7.17. The molecule has 1 aromatic heterocycles. The number of quaternary nitrogens is 1. The number of rotatable bonds is 16. The van der Waals surface area contributed by atoms with E-state index in [4.69, 9.17) is 4.74 Å². The van der Waals surface area contributed by atoms with Gasteiger partial charge in [-0.25, -0.2) is 0 Å². The van der Waals surface area contributed by atoms with Crippen LogP contribution in [0.4, 0.5) is 16.4 Å². The van der Waals surface area contributed by atoms with Crippen LogP contribution in [0.15, 0.2) is 12.1 Å². The lowest BCUT2D eigenvalue weighted by atomic mass is 10.1. The Morgan fingerprint density at radius 2 is 1.58 bits per heavy atom. The molecule has 0 bridgehead atoms. The van der Waals surface area contributed by atoms with Gasteiger partial charge in [0.15, 0.2) is 0 Å². The molecule has 1 aromatic carbocycles. The molecule has 0 atom stereocenters. The molecular formula is C29H46N7OS+. The van der Waals surface area contributed by atoms with E-state index in [1.54, 1.807) is 14.0 Å². The maximum Gasteiger partial charge on any atom is 0.144 e. The van der Waals surface area contributed by atoms with Crippen LogP contribution < -0.4 is 20.5 Å². The number of ether oxygens (including phenoxy) is 1. The van der Waals surface area contributed by atoms with Crippen molar-refractivity contribution in [1.82, 2.24) is 4.90 Å². The van der Waals surface area contributed by atoms with Crippen LogP contribution in [0.5, 0.6) is 5.75 Å². The quantitative estimate of drug-likeness (QED) is 0.212. The molecule has 208 valence electrons. The van der Waals surface area contributed by atoms with Crippen LogP contribution in [0.1, 0.15) is 56.2 Å². The van der Waals surface area contributed by atoms with E-state index in [0.29, 0.717) is 21.0 Å². The van der Waals surface area contributed by atoms with E-state index in [-0.39, 0.29) is 0 Å². The zero-order chi connectivity index (χ0) is 28.3. The summed E-state index contributed by atoms with van der Waals surface area (Å²) in [7, 11) is 1.72. The fourth-order valence-electron chi connectivity index (χ4n) is 4.82. The smallest absolute Gasteiger partial charge is 0.144 e. The molecule has 2 aromatic rings. The summed E-state index contributed by atoms with van der Waals surface area (Å²) in [4.78, 5) is 5.48. The van der Waals surface area contributed by atoms with Gasteiger partial charge in [-0.05, 0) is 64.9 Å².